The van der Waals surface area contributed by atoms with E-state index >= 15 is 0 Å². The second-order valence-electron chi connectivity index (χ2n) is 4.66. The largest absolute Gasteiger partial charge is 0.303 e. The van der Waals surface area contributed by atoms with Crippen molar-refractivity contribution in [1.29, 1.82) is 0 Å². The lowest BCUT2D eigenvalue weighted by Crippen LogP contribution is -2.37. The monoisotopic (exact) mass is 255 g/mol. The Balaban J connectivity index is 1.95. The predicted molar refractivity (Wildman–Crippen MR) is 68.4 cm³/mol. The van der Waals surface area contributed by atoms with Crippen LogP contribution in [0.25, 0.3) is 0 Å². The van der Waals surface area contributed by atoms with E-state index in [-0.39, 0.29) is 10.7 Å². The van der Waals surface area contributed by atoms with Crippen LogP contribution in [0.4, 0.5) is 0 Å². The first-order chi connectivity index (χ1) is 8.16. The van der Waals surface area contributed by atoms with E-state index < -0.39 is 0 Å². The number of hydrogen-bond donors (Lipinski definition) is 0. The van der Waals surface area contributed by atoms with Gasteiger partial charge < -0.3 is 4.90 Å². The van der Waals surface area contributed by atoms with Crippen LogP contribution in [-0.2, 0) is 6.54 Å². The Bertz CT molecular complexity index is 432. The average molecular weight is 256 g/mol. The van der Waals surface area contributed by atoms with Gasteiger partial charge in [0.15, 0.2) is 0 Å². The molecular weight excluding hydrogens is 238 g/mol. The van der Waals surface area contributed by atoms with Gasteiger partial charge in [-0.25, -0.2) is 4.98 Å². The Kier molecular flexibility index (Phi) is 4.18. The molecule has 0 aromatic carbocycles. The fourth-order valence-corrected chi connectivity index (χ4v) is 2.51. The summed E-state index contributed by atoms with van der Waals surface area (Å²) in [7, 11) is 2.16. The van der Waals surface area contributed by atoms with E-state index in [4.69, 9.17) is 11.6 Å². The first-order valence-electron chi connectivity index (χ1n) is 6.09. The van der Waals surface area contributed by atoms with Crippen molar-refractivity contribution in [3.8, 4) is 0 Å². The first kappa shape index (κ1) is 12.6. The fraction of sp³-hybridized carbons (Fsp3) is 0.667. The Labute approximate surface area is 106 Å². The summed E-state index contributed by atoms with van der Waals surface area (Å²) >= 11 is 5.66. The topological polar surface area (TPSA) is 38.1 Å². The minimum absolute atomic E-state index is 0.0662. The van der Waals surface area contributed by atoms with Gasteiger partial charge in [0.1, 0.15) is 5.15 Å². The van der Waals surface area contributed by atoms with Crippen LogP contribution in [0.5, 0.6) is 0 Å². The zero-order valence-corrected chi connectivity index (χ0v) is 10.9. The van der Waals surface area contributed by atoms with Gasteiger partial charge in [-0.15, -0.1) is 0 Å². The van der Waals surface area contributed by atoms with Gasteiger partial charge in [0, 0.05) is 18.7 Å². The summed E-state index contributed by atoms with van der Waals surface area (Å²) in [5.41, 5.74) is -0.0662. The highest BCUT2D eigenvalue weighted by Gasteiger charge is 2.18. The van der Waals surface area contributed by atoms with Crippen LogP contribution in [0, 0.1) is 0 Å². The Morgan fingerprint density at radius 1 is 1.53 bits per heavy atom. The van der Waals surface area contributed by atoms with Gasteiger partial charge >= 0.3 is 0 Å². The molecule has 5 heteroatoms. The highest BCUT2D eigenvalue weighted by Crippen LogP contribution is 2.17. The Morgan fingerprint density at radius 3 is 3.06 bits per heavy atom. The van der Waals surface area contributed by atoms with Crippen molar-refractivity contribution in [2.75, 3.05) is 13.6 Å². The summed E-state index contributed by atoms with van der Waals surface area (Å²) in [6, 6.07) is 1.96. The maximum absolute atomic E-state index is 11.6. The van der Waals surface area contributed by atoms with Crippen LogP contribution in [0.3, 0.4) is 0 Å². The van der Waals surface area contributed by atoms with Crippen LogP contribution in [0.1, 0.15) is 25.7 Å². The molecule has 1 saturated heterocycles. The summed E-state index contributed by atoms with van der Waals surface area (Å²) < 4.78 is 1.63. The molecule has 0 aliphatic carbocycles. The van der Waals surface area contributed by atoms with Gasteiger partial charge in [-0.3, -0.25) is 9.36 Å². The summed E-state index contributed by atoms with van der Waals surface area (Å²) in [5, 5.41) is 0.265. The normalized spacial score (nSPS) is 21.6. The van der Waals surface area contributed by atoms with Crippen molar-refractivity contribution in [2.24, 2.45) is 0 Å². The molecule has 1 unspecified atom stereocenters. The van der Waals surface area contributed by atoms with Crippen molar-refractivity contribution in [3.63, 3.8) is 0 Å². The molecule has 0 N–H and O–H groups in total. The van der Waals surface area contributed by atoms with E-state index in [1.54, 1.807) is 4.57 Å². The van der Waals surface area contributed by atoms with Gasteiger partial charge in [0.05, 0.1) is 6.33 Å². The van der Waals surface area contributed by atoms with Crippen molar-refractivity contribution in [3.05, 3.63) is 27.9 Å². The molecular formula is C12H18ClN3O. The predicted octanol–water partition coefficient (Wildman–Crippen LogP) is 1.77. The molecule has 1 fully saturated rings. The Hall–Kier alpha value is -0.870. The van der Waals surface area contributed by atoms with Gasteiger partial charge in [-0.2, -0.15) is 0 Å². The number of hydrogen-bond acceptors (Lipinski definition) is 3. The number of likely N-dealkylation sites (tertiary alicyclic amines) is 1. The van der Waals surface area contributed by atoms with Crippen molar-refractivity contribution in [2.45, 2.75) is 38.3 Å². The van der Waals surface area contributed by atoms with E-state index in [2.05, 4.69) is 16.9 Å². The second-order valence-corrected chi connectivity index (χ2v) is 5.05. The molecule has 17 heavy (non-hydrogen) atoms. The smallest absolute Gasteiger partial charge is 0.254 e. The van der Waals surface area contributed by atoms with Gasteiger partial charge in [0.25, 0.3) is 5.56 Å². The maximum Gasteiger partial charge on any atom is 0.254 e. The number of rotatable bonds is 3. The molecule has 1 aromatic heterocycles. The molecule has 2 heterocycles. The number of nitrogens with zero attached hydrogens (tertiary/aromatic N) is 3. The Morgan fingerprint density at radius 2 is 2.35 bits per heavy atom. The molecule has 1 atom stereocenters. The summed E-state index contributed by atoms with van der Waals surface area (Å²) in [4.78, 5) is 17.9. The molecule has 0 bridgehead atoms. The summed E-state index contributed by atoms with van der Waals surface area (Å²) in [6.07, 6.45) is 6.34. The lowest BCUT2D eigenvalue weighted by Gasteiger charge is -2.32. The summed E-state index contributed by atoms with van der Waals surface area (Å²) in [6.45, 7) is 1.89. The first-order valence-corrected chi connectivity index (χ1v) is 6.47. The number of halogens is 1. The van der Waals surface area contributed by atoms with Crippen molar-refractivity contribution >= 4 is 11.6 Å². The molecule has 1 aliphatic rings. The van der Waals surface area contributed by atoms with Crippen molar-refractivity contribution in [1.82, 2.24) is 14.5 Å². The quantitative estimate of drug-likeness (QED) is 0.773. The lowest BCUT2D eigenvalue weighted by molar-refractivity contribution is 0.170. The van der Waals surface area contributed by atoms with Crippen molar-refractivity contribution < 1.29 is 0 Å². The molecule has 0 amide bonds. The molecule has 94 valence electrons. The molecule has 1 aliphatic heterocycles. The highest BCUT2D eigenvalue weighted by molar-refractivity contribution is 6.29. The van der Waals surface area contributed by atoms with Gasteiger partial charge in [0.2, 0.25) is 0 Å². The minimum Gasteiger partial charge on any atom is -0.303 e. The van der Waals surface area contributed by atoms with Gasteiger partial charge in [-0.1, -0.05) is 18.0 Å². The van der Waals surface area contributed by atoms with Crippen LogP contribution in [0.2, 0.25) is 5.15 Å². The van der Waals surface area contributed by atoms with E-state index in [0.717, 1.165) is 13.0 Å². The fourth-order valence-electron chi connectivity index (χ4n) is 2.37. The lowest BCUT2D eigenvalue weighted by atomic mass is 10.0. The SMILES string of the molecule is CN1CCCCC1CCn1cnc(Cl)cc1=O. The number of aromatic nitrogens is 2. The minimum atomic E-state index is -0.0662. The zero-order valence-electron chi connectivity index (χ0n) is 10.1. The van der Waals surface area contributed by atoms with E-state index in [9.17, 15) is 4.79 Å². The maximum atomic E-state index is 11.6. The molecule has 0 radical (unpaired) electrons. The van der Waals surface area contributed by atoms with E-state index in [1.165, 1.54) is 38.2 Å². The zero-order chi connectivity index (χ0) is 12.3. The van der Waals surface area contributed by atoms with Crippen LogP contribution >= 0.6 is 11.6 Å². The molecule has 4 nitrogen and oxygen atoms in total. The van der Waals surface area contributed by atoms with Gasteiger partial charge in [-0.05, 0) is 32.9 Å². The molecule has 0 saturated carbocycles. The van der Waals surface area contributed by atoms with E-state index in [0.29, 0.717) is 6.04 Å². The van der Waals surface area contributed by atoms with Crippen LogP contribution in [-0.4, -0.2) is 34.1 Å². The third kappa shape index (κ3) is 3.30. The third-order valence-corrected chi connectivity index (χ3v) is 3.68. The third-order valence-electron chi connectivity index (χ3n) is 3.47. The van der Waals surface area contributed by atoms with Crippen LogP contribution < -0.4 is 5.56 Å². The van der Waals surface area contributed by atoms with E-state index in [1.807, 2.05) is 0 Å². The molecule has 2 rings (SSSR count). The second kappa shape index (κ2) is 5.65. The average Bonchev–Trinajstić information content (AvgIpc) is 2.30. The van der Waals surface area contributed by atoms with Crippen LogP contribution in [0.15, 0.2) is 17.2 Å². The highest BCUT2D eigenvalue weighted by atomic mass is 35.5. The number of piperidine rings is 1. The molecule has 0 spiro atoms. The summed E-state index contributed by atoms with van der Waals surface area (Å²) in [5.74, 6) is 0. The molecule has 1 aromatic rings. The number of aryl methyl sites for hydroxylation is 1. The standard InChI is InChI=1S/C12H18ClN3O/c1-15-6-3-2-4-10(15)5-7-16-9-14-11(13)8-12(16)17/h8-10H,2-7H2,1H3.